The fourth-order valence-electron chi connectivity index (χ4n) is 3.92. The summed E-state index contributed by atoms with van der Waals surface area (Å²) in [7, 11) is 1.56. The fourth-order valence-corrected chi connectivity index (χ4v) is 3.92. The van der Waals surface area contributed by atoms with Gasteiger partial charge in [-0.05, 0) is 30.2 Å². The smallest absolute Gasteiger partial charge is 0.273 e. The first kappa shape index (κ1) is 25.4. The van der Waals surface area contributed by atoms with E-state index in [4.69, 9.17) is 4.74 Å². The molecule has 0 saturated carbocycles. The molecule has 35 heavy (non-hydrogen) atoms. The van der Waals surface area contributed by atoms with Crippen molar-refractivity contribution in [3.63, 3.8) is 0 Å². The van der Waals surface area contributed by atoms with Crippen LogP contribution in [0.5, 0.6) is 5.75 Å². The molecule has 0 aliphatic carbocycles. The Balaban J connectivity index is 2.01. The van der Waals surface area contributed by atoms with E-state index < -0.39 is 11.0 Å². The zero-order valence-electron chi connectivity index (χ0n) is 19.8. The SMILES string of the molecule is CCNC(=O)[C@@H](Cc1ccccc1)N(Cc1cccc(OC)c1)C(=O)Cc1ccccc1[N+](=O)[O-]. The second-order valence-corrected chi connectivity index (χ2v) is 8.04. The van der Waals surface area contributed by atoms with Gasteiger partial charge in [0.25, 0.3) is 5.69 Å². The van der Waals surface area contributed by atoms with Crippen LogP contribution < -0.4 is 10.1 Å². The van der Waals surface area contributed by atoms with Crippen molar-refractivity contribution in [2.45, 2.75) is 32.4 Å². The quantitative estimate of drug-likeness (QED) is 0.335. The van der Waals surface area contributed by atoms with E-state index in [-0.39, 0.29) is 30.5 Å². The lowest BCUT2D eigenvalue weighted by Gasteiger charge is -2.31. The van der Waals surface area contributed by atoms with Crippen LogP contribution in [0, 0.1) is 10.1 Å². The first-order chi connectivity index (χ1) is 16.9. The van der Waals surface area contributed by atoms with Crippen molar-refractivity contribution in [2.24, 2.45) is 0 Å². The van der Waals surface area contributed by atoms with Gasteiger partial charge in [-0.1, -0.05) is 60.7 Å². The lowest BCUT2D eigenvalue weighted by atomic mass is 10.0. The summed E-state index contributed by atoms with van der Waals surface area (Å²) < 4.78 is 5.32. The van der Waals surface area contributed by atoms with Gasteiger partial charge in [0.2, 0.25) is 11.8 Å². The summed E-state index contributed by atoms with van der Waals surface area (Å²) in [6, 6.07) is 22.1. The third-order valence-corrected chi connectivity index (χ3v) is 5.64. The molecule has 0 saturated heterocycles. The second-order valence-electron chi connectivity index (χ2n) is 8.04. The Morgan fingerprint density at radius 1 is 1.00 bits per heavy atom. The normalized spacial score (nSPS) is 11.4. The summed E-state index contributed by atoms with van der Waals surface area (Å²) in [6.07, 6.45) is 0.102. The van der Waals surface area contributed by atoms with Crippen molar-refractivity contribution in [3.05, 3.63) is 106 Å². The molecule has 3 aromatic carbocycles. The molecule has 2 amide bonds. The summed E-state index contributed by atoms with van der Waals surface area (Å²) in [5.74, 6) is -0.0318. The van der Waals surface area contributed by atoms with Crippen LogP contribution in [0.3, 0.4) is 0 Å². The number of nitro groups is 1. The van der Waals surface area contributed by atoms with Gasteiger partial charge in [0, 0.05) is 31.1 Å². The Morgan fingerprint density at radius 3 is 2.37 bits per heavy atom. The van der Waals surface area contributed by atoms with Gasteiger partial charge in [-0.3, -0.25) is 19.7 Å². The maximum Gasteiger partial charge on any atom is 0.273 e. The van der Waals surface area contributed by atoms with Crippen molar-refractivity contribution >= 4 is 17.5 Å². The third kappa shape index (κ3) is 6.89. The highest BCUT2D eigenvalue weighted by molar-refractivity contribution is 5.89. The van der Waals surface area contributed by atoms with Crippen LogP contribution in [0.1, 0.15) is 23.6 Å². The van der Waals surface area contributed by atoms with Crippen LogP contribution in [-0.4, -0.2) is 41.3 Å². The molecule has 0 fully saturated rings. The maximum absolute atomic E-state index is 13.7. The number of hydrogen-bond donors (Lipinski definition) is 1. The van der Waals surface area contributed by atoms with E-state index in [0.29, 0.717) is 24.3 Å². The number of nitrogens with zero attached hydrogens (tertiary/aromatic N) is 2. The van der Waals surface area contributed by atoms with E-state index in [1.165, 1.54) is 11.0 Å². The lowest BCUT2D eigenvalue weighted by molar-refractivity contribution is -0.385. The number of amides is 2. The molecular weight excluding hydrogens is 446 g/mol. The molecule has 8 heteroatoms. The average molecular weight is 476 g/mol. The zero-order chi connectivity index (χ0) is 25.2. The van der Waals surface area contributed by atoms with Gasteiger partial charge < -0.3 is 15.0 Å². The molecule has 0 radical (unpaired) electrons. The van der Waals surface area contributed by atoms with Gasteiger partial charge in [0.1, 0.15) is 11.8 Å². The van der Waals surface area contributed by atoms with Crippen molar-refractivity contribution in [1.82, 2.24) is 10.2 Å². The highest BCUT2D eigenvalue weighted by atomic mass is 16.6. The summed E-state index contributed by atoms with van der Waals surface area (Å²) in [5, 5.41) is 14.3. The highest BCUT2D eigenvalue weighted by Crippen LogP contribution is 2.22. The molecule has 8 nitrogen and oxygen atoms in total. The number of nitro benzene ring substituents is 1. The van der Waals surface area contributed by atoms with E-state index in [1.807, 2.05) is 55.5 Å². The van der Waals surface area contributed by atoms with Gasteiger partial charge in [0.05, 0.1) is 18.5 Å². The summed E-state index contributed by atoms with van der Waals surface area (Å²) in [4.78, 5) is 39.4. The Labute approximate surface area is 204 Å². The minimum absolute atomic E-state index is 0.125. The topological polar surface area (TPSA) is 102 Å². The first-order valence-electron chi connectivity index (χ1n) is 11.4. The summed E-state index contributed by atoms with van der Waals surface area (Å²) in [6.45, 7) is 2.37. The second kappa shape index (κ2) is 12.3. The number of para-hydroxylation sites is 1. The van der Waals surface area contributed by atoms with E-state index in [1.54, 1.807) is 31.4 Å². The molecule has 1 atom stereocenters. The van der Waals surface area contributed by atoms with Crippen LogP contribution in [0.2, 0.25) is 0 Å². The van der Waals surface area contributed by atoms with Gasteiger partial charge in [-0.2, -0.15) is 0 Å². The largest absolute Gasteiger partial charge is 0.497 e. The zero-order valence-corrected chi connectivity index (χ0v) is 19.8. The molecule has 1 N–H and O–H groups in total. The molecule has 3 aromatic rings. The molecule has 0 bridgehead atoms. The van der Waals surface area contributed by atoms with E-state index in [9.17, 15) is 19.7 Å². The lowest BCUT2D eigenvalue weighted by Crippen LogP contribution is -2.51. The number of rotatable bonds is 11. The Kier molecular flexibility index (Phi) is 8.95. The van der Waals surface area contributed by atoms with Crippen LogP contribution in [0.15, 0.2) is 78.9 Å². The summed E-state index contributed by atoms with van der Waals surface area (Å²) in [5.41, 5.74) is 1.85. The molecular formula is C27H29N3O5. The van der Waals surface area contributed by atoms with Gasteiger partial charge in [0.15, 0.2) is 0 Å². The van der Waals surface area contributed by atoms with Crippen molar-refractivity contribution < 1.29 is 19.2 Å². The highest BCUT2D eigenvalue weighted by Gasteiger charge is 2.31. The Bertz CT molecular complexity index is 1170. The van der Waals surface area contributed by atoms with Crippen molar-refractivity contribution in [1.29, 1.82) is 0 Å². The Hall–Kier alpha value is -4.20. The fraction of sp³-hybridized carbons (Fsp3) is 0.259. The molecule has 0 aliphatic heterocycles. The molecule has 3 rings (SSSR count). The van der Waals surface area contributed by atoms with Gasteiger partial charge in [-0.25, -0.2) is 0 Å². The predicted molar refractivity (Wildman–Crippen MR) is 133 cm³/mol. The maximum atomic E-state index is 13.7. The predicted octanol–water partition coefficient (Wildman–Crippen LogP) is 3.92. The molecule has 0 unspecified atom stereocenters. The number of benzene rings is 3. The van der Waals surface area contributed by atoms with Crippen LogP contribution >= 0.6 is 0 Å². The van der Waals surface area contributed by atoms with Crippen molar-refractivity contribution in [3.8, 4) is 5.75 Å². The number of hydrogen-bond acceptors (Lipinski definition) is 5. The molecule has 0 spiro atoms. The average Bonchev–Trinajstić information content (AvgIpc) is 2.87. The van der Waals surface area contributed by atoms with E-state index in [0.717, 1.165) is 11.1 Å². The molecule has 0 heterocycles. The number of likely N-dealkylation sites (N-methyl/N-ethyl adjacent to an activating group) is 1. The van der Waals surface area contributed by atoms with Gasteiger partial charge >= 0.3 is 0 Å². The molecule has 0 aromatic heterocycles. The minimum atomic E-state index is -0.807. The van der Waals surface area contributed by atoms with E-state index >= 15 is 0 Å². The summed E-state index contributed by atoms with van der Waals surface area (Å²) >= 11 is 0. The number of carbonyl (C=O) groups is 2. The third-order valence-electron chi connectivity index (χ3n) is 5.64. The number of nitrogens with one attached hydrogen (secondary N) is 1. The first-order valence-corrected chi connectivity index (χ1v) is 11.4. The molecule has 0 aliphatic rings. The van der Waals surface area contributed by atoms with Crippen LogP contribution in [0.4, 0.5) is 5.69 Å². The number of carbonyl (C=O) groups excluding carboxylic acids is 2. The number of ether oxygens (including phenoxy) is 1. The van der Waals surface area contributed by atoms with Gasteiger partial charge in [-0.15, -0.1) is 0 Å². The Morgan fingerprint density at radius 2 is 1.69 bits per heavy atom. The van der Waals surface area contributed by atoms with Crippen LogP contribution in [-0.2, 0) is 29.0 Å². The monoisotopic (exact) mass is 475 g/mol. The standard InChI is InChI=1S/C27H29N3O5/c1-3-28-27(32)25(17-20-10-5-4-6-11-20)29(19-21-12-9-14-23(16-21)35-2)26(31)18-22-13-7-8-15-24(22)30(33)34/h4-16,25H,3,17-19H2,1-2H3,(H,28,32)/t25-/m1/s1. The number of methoxy groups -OCH3 is 1. The van der Waals surface area contributed by atoms with Crippen molar-refractivity contribution in [2.75, 3.05) is 13.7 Å². The van der Waals surface area contributed by atoms with E-state index in [2.05, 4.69) is 5.32 Å². The minimum Gasteiger partial charge on any atom is -0.497 e. The molecule has 182 valence electrons. The van der Waals surface area contributed by atoms with Crippen LogP contribution in [0.25, 0.3) is 0 Å².